The van der Waals surface area contributed by atoms with Gasteiger partial charge in [-0.25, -0.2) is 4.98 Å². The number of hydrogen-bond acceptors (Lipinski definition) is 5. The van der Waals surface area contributed by atoms with Gasteiger partial charge in [0.15, 0.2) is 0 Å². The lowest BCUT2D eigenvalue weighted by Crippen LogP contribution is -2.11. The summed E-state index contributed by atoms with van der Waals surface area (Å²) in [5.41, 5.74) is 3.06. The number of nitrogens with one attached hydrogen (secondary N) is 1. The maximum atomic E-state index is 11.6. The Bertz CT molecular complexity index is 949. The standard InChI is InChI=1S/C17H13N3OS2/c1-10-14(7-12(8-18)16(21)19-10)15-9-23-17(20-15)11-3-5-13(22-2)6-4-11/h3-7,9H,1-2H3,(H,19,21). The number of rotatable bonds is 3. The Hall–Kier alpha value is -2.36. The molecule has 6 heteroatoms. The molecule has 0 unspecified atom stereocenters. The van der Waals surface area contributed by atoms with Crippen LogP contribution in [0.1, 0.15) is 11.3 Å². The molecule has 0 aliphatic carbocycles. The molecule has 4 nitrogen and oxygen atoms in total. The monoisotopic (exact) mass is 339 g/mol. The largest absolute Gasteiger partial charge is 0.325 e. The van der Waals surface area contributed by atoms with Crippen molar-refractivity contribution in [2.45, 2.75) is 11.8 Å². The summed E-state index contributed by atoms with van der Waals surface area (Å²) in [7, 11) is 0. The minimum atomic E-state index is -0.364. The molecule has 2 heterocycles. The van der Waals surface area contributed by atoms with Crippen LogP contribution in [0.5, 0.6) is 0 Å². The van der Waals surface area contributed by atoms with Gasteiger partial charge in [-0.05, 0) is 31.4 Å². The Morgan fingerprint density at radius 2 is 2.04 bits per heavy atom. The zero-order valence-electron chi connectivity index (χ0n) is 12.6. The van der Waals surface area contributed by atoms with Crippen molar-refractivity contribution in [2.24, 2.45) is 0 Å². The van der Waals surface area contributed by atoms with E-state index < -0.39 is 0 Å². The lowest BCUT2D eigenvalue weighted by atomic mass is 10.1. The average Bonchev–Trinajstić information content (AvgIpc) is 3.05. The number of aryl methyl sites for hydroxylation is 1. The molecule has 1 aromatic carbocycles. The van der Waals surface area contributed by atoms with Gasteiger partial charge in [-0.3, -0.25) is 4.79 Å². The number of thiazole rings is 1. The van der Waals surface area contributed by atoms with Crippen LogP contribution in [0.4, 0.5) is 0 Å². The van der Waals surface area contributed by atoms with Gasteiger partial charge in [-0.1, -0.05) is 12.1 Å². The summed E-state index contributed by atoms with van der Waals surface area (Å²) < 4.78 is 0. The number of aromatic nitrogens is 2. The molecule has 3 aromatic rings. The third kappa shape index (κ3) is 3.07. The average molecular weight is 339 g/mol. The molecule has 3 rings (SSSR count). The van der Waals surface area contributed by atoms with Crippen LogP contribution in [0.3, 0.4) is 0 Å². The molecule has 0 bridgehead atoms. The van der Waals surface area contributed by atoms with E-state index in [0.29, 0.717) is 5.69 Å². The molecule has 114 valence electrons. The smallest absolute Gasteiger partial charge is 0.266 e. The third-order valence-corrected chi connectivity index (χ3v) is 5.11. The number of pyridine rings is 1. The summed E-state index contributed by atoms with van der Waals surface area (Å²) in [5.74, 6) is 0. The minimum absolute atomic E-state index is 0.101. The lowest BCUT2D eigenvalue weighted by molar-refractivity contribution is 1.13. The first kappa shape index (κ1) is 15.5. The van der Waals surface area contributed by atoms with Crippen molar-refractivity contribution < 1.29 is 0 Å². The summed E-state index contributed by atoms with van der Waals surface area (Å²) in [6.07, 6.45) is 2.04. The summed E-state index contributed by atoms with van der Waals surface area (Å²) in [5, 5.41) is 11.9. The van der Waals surface area contributed by atoms with Gasteiger partial charge in [0.05, 0.1) is 5.69 Å². The Morgan fingerprint density at radius 3 is 2.70 bits per heavy atom. The van der Waals surface area contributed by atoms with E-state index in [4.69, 9.17) is 5.26 Å². The Labute approximate surface area is 141 Å². The number of hydrogen-bond donors (Lipinski definition) is 1. The van der Waals surface area contributed by atoms with E-state index in [1.54, 1.807) is 29.2 Å². The second kappa shape index (κ2) is 6.41. The Balaban J connectivity index is 2.02. The van der Waals surface area contributed by atoms with Crippen molar-refractivity contribution >= 4 is 23.1 Å². The van der Waals surface area contributed by atoms with Gasteiger partial charge in [0.25, 0.3) is 5.56 Å². The molecule has 1 N–H and O–H groups in total. The number of benzene rings is 1. The van der Waals surface area contributed by atoms with Crippen LogP contribution < -0.4 is 5.56 Å². The molecule has 0 amide bonds. The van der Waals surface area contributed by atoms with E-state index in [0.717, 1.165) is 21.8 Å². The minimum Gasteiger partial charge on any atom is -0.325 e. The van der Waals surface area contributed by atoms with Crippen molar-refractivity contribution in [3.63, 3.8) is 0 Å². The van der Waals surface area contributed by atoms with Gasteiger partial charge in [-0.2, -0.15) is 5.26 Å². The second-order valence-electron chi connectivity index (χ2n) is 4.93. The maximum absolute atomic E-state index is 11.6. The summed E-state index contributed by atoms with van der Waals surface area (Å²) in [4.78, 5) is 20.2. The molecule has 0 saturated carbocycles. The van der Waals surface area contributed by atoms with Gasteiger partial charge in [0.1, 0.15) is 16.6 Å². The fraction of sp³-hybridized carbons (Fsp3) is 0.118. The first-order valence-electron chi connectivity index (χ1n) is 6.86. The lowest BCUT2D eigenvalue weighted by Gasteiger charge is -2.03. The molecule has 0 aliphatic rings. The molecule has 2 aromatic heterocycles. The molecule has 0 radical (unpaired) electrons. The Morgan fingerprint density at radius 1 is 1.30 bits per heavy atom. The van der Waals surface area contributed by atoms with E-state index in [1.807, 2.05) is 24.6 Å². The quantitative estimate of drug-likeness (QED) is 0.730. The number of aromatic amines is 1. The molecular weight excluding hydrogens is 326 g/mol. The maximum Gasteiger partial charge on any atom is 0.266 e. The van der Waals surface area contributed by atoms with Crippen LogP contribution in [0.25, 0.3) is 21.8 Å². The van der Waals surface area contributed by atoms with Gasteiger partial charge in [0.2, 0.25) is 0 Å². The highest BCUT2D eigenvalue weighted by molar-refractivity contribution is 7.98. The number of thioether (sulfide) groups is 1. The predicted molar refractivity (Wildman–Crippen MR) is 94.8 cm³/mol. The van der Waals surface area contributed by atoms with Crippen LogP contribution in [0.2, 0.25) is 0 Å². The van der Waals surface area contributed by atoms with Crippen LogP contribution in [0, 0.1) is 18.3 Å². The van der Waals surface area contributed by atoms with Crippen LogP contribution in [-0.4, -0.2) is 16.2 Å². The van der Waals surface area contributed by atoms with Crippen molar-refractivity contribution in [3.05, 3.63) is 57.3 Å². The van der Waals surface area contributed by atoms with Crippen molar-refractivity contribution in [1.82, 2.24) is 9.97 Å². The number of H-pyrrole nitrogens is 1. The zero-order valence-corrected chi connectivity index (χ0v) is 14.2. The van der Waals surface area contributed by atoms with E-state index in [2.05, 4.69) is 34.2 Å². The van der Waals surface area contributed by atoms with E-state index in [-0.39, 0.29) is 11.1 Å². The van der Waals surface area contributed by atoms with E-state index in [9.17, 15) is 4.79 Å². The third-order valence-electron chi connectivity index (χ3n) is 3.48. The predicted octanol–water partition coefficient (Wildman–Crippen LogP) is 4.07. The Kier molecular flexibility index (Phi) is 4.33. The first-order valence-corrected chi connectivity index (χ1v) is 8.97. The molecular formula is C17H13N3OS2. The highest BCUT2D eigenvalue weighted by Crippen LogP contribution is 2.30. The molecule has 0 aliphatic heterocycles. The highest BCUT2D eigenvalue weighted by Gasteiger charge is 2.12. The first-order chi connectivity index (χ1) is 11.1. The normalized spacial score (nSPS) is 10.5. The van der Waals surface area contributed by atoms with E-state index >= 15 is 0 Å². The summed E-state index contributed by atoms with van der Waals surface area (Å²) >= 11 is 3.25. The zero-order chi connectivity index (χ0) is 16.4. The SMILES string of the molecule is CSc1ccc(-c2nc(-c3cc(C#N)c(=O)[nH]c3C)cs2)cc1. The fourth-order valence-corrected chi connectivity index (χ4v) is 3.47. The van der Waals surface area contributed by atoms with Gasteiger partial charge < -0.3 is 4.98 Å². The van der Waals surface area contributed by atoms with Crippen molar-refractivity contribution in [3.8, 4) is 27.9 Å². The molecule has 0 fully saturated rings. The fourth-order valence-electron chi connectivity index (χ4n) is 2.24. The highest BCUT2D eigenvalue weighted by atomic mass is 32.2. The van der Waals surface area contributed by atoms with Crippen molar-refractivity contribution in [2.75, 3.05) is 6.26 Å². The summed E-state index contributed by atoms with van der Waals surface area (Å²) in [6, 6.07) is 11.8. The second-order valence-corrected chi connectivity index (χ2v) is 6.67. The van der Waals surface area contributed by atoms with E-state index in [1.165, 1.54) is 4.90 Å². The molecule has 0 atom stereocenters. The van der Waals surface area contributed by atoms with Gasteiger partial charge in [-0.15, -0.1) is 23.1 Å². The van der Waals surface area contributed by atoms with Crippen LogP contribution in [-0.2, 0) is 0 Å². The van der Waals surface area contributed by atoms with Crippen LogP contribution >= 0.6 is 23.1 Å². The van der Waals surface area contributed by atoms with Gasteiger partial charge >= 0.3 is 0 Å². The van der Waals surface area contributed by atoms with Crippen molar-refractivity contribution in [1.29, 1.82) is 5.26 Å². The number of nitrogens with zero attached hydrogens (tertiary/aromatic N) is 2. The van der Waals surface area contributed by atoms with Gasteiger partial charge in [0, 0.05) is 27.1 Å². The summed E-state index contributed by atoms with van der Waals surface area (Å²) in [6.45, 7) is 1.81. The number of nitriles is 1. The molecule has 0 saturated heterocycles. The molecule has 23 heavy (non-hydrogen) atoms. The topological polar surface area (TPSA) is 69.5 Å². The molecule has 0 spiro atoms. The van der Waals surface area contributed by atoms with Crippen LogP contribution in [0.15, 0.2) is 45.4 Å².